The first kappa shape index (κ1) is 65.6. The average Bonchev–Trinajstić information content (AvgIpc) is 3.33. The minimum atomic E-state index is -0.767. The summed E-state index contributed by atoms with van der Waals surface area (Å²) in [5, 5.41) is 9.67. The van der Waals surface area contributed by atoms with Gasteiger partial charge < -0.3 is 14.6 Å². The third-order valence-electron chi connectivity index (χ3n) is 14.3. The number of hydrogen-bond donors (Lipinski definition) is 1. The van der Waals surface area contributed by atoms with Gasteiger partial charge in [-0.2, -0.15) is 0 Å². The minimum Gasteiger partial charge on any atom is -0.462 e. The fraction of sp³-hybridized carbons (Fsp3) is 0.935. The summed E-state index contributed by atoms with van der Waals surface area (Å²) in [4.78, 5) is 24.6. The van der Waals surface area contributed by atoms with Gasteiger partial charge in [-0.15, -0.1) is 0 Å². The summed E-state index contributed by atoms with van der Waals surface area (Å²) in [5.41, 5.74) is 0. The van der Waals surface area contributed by atoms with Crippen LogP contribution < -0.4 is 0 Å². The summed E-state index contributed by atoms with van der Waals surface area (Å²) in [5.74, 6) is -0.566. The number of unbranched alkanes of at least 4 members (excludes halogenated alkanes) is 48. The molecule has 0 bridgehead atoms. The molecule has 0 rings (SSSR count). The molecule has 398 valence electrons. The van der Waals surface area contributed by atoms with Crippen molar-refractivity contribution in [2.75, 3.05) is 13.2 Å². The number of carbonyl (C=O) groups excluding carboxylic acids is 2. The van der Waals surface area contributed by atoms with E-state index in [9.17, 15) is 14.7 Å². The fourth-order valence-electron chi connectivity index (χ4n) is 9.67. The first-order valence-corrected chi connectivity index (χ1v) is 30.7. The Morgan fingerprint density at radius 3 is 0.806 bits per heavy atom. The molecule has 0 aliphatic carbocycles. The van der Waals surface area contributed by atoms with Gasteiger partial charge in [0, 0.05) is 12.8 Å². The molecular weight excluding hydrogens is 825 g/mol. The molecule has 0 heterocycles. The largest absolute Gasteiger partial charge is 0.462 e. The second-order valence-electron chi connectivity index (χ2n) is 21.1. The maximum atomic E-state index is 12.3. The van der Waals surface area contributed by atoms with E-state index in [4.69, 9.17) is 9.47 Å². The zero-order valence-corrected chi connectivity index (χ0v) is 45.7. The topological polar surface area (TPSA) is 72.8 Å². The monoisotopic (exact) mass is 945 g/mol. The Balaban J connectivity index is 3.39. The van der Waals surface area contributed by atoms with Crippen LogP contribution in [0.2, 0.25) is 0 Å². The van der Waals surface area contributed by atoms with Crippen molar-refractivity contribution in [1.29, 1.82) is 0 Å². The van der Waals surface area contributed by atoms with Crippen molar-refractivity contribution in [2.45, 2.75) is 360 Å². The van der Waals surface area contributed by atoms with Crippen LogP contribution in [-0.2, 0) is 19.1 Å². The molecular formula is C62H120O5. The summed E-state index contributed by atoms with van der Waals surface area (Å²) in [6.45, 7) is 4.21. The van der Waals surface area contributed by atoms with Gasteiger partial charge in [0.05, 0.1) is 6.61 Å². The Hall–Kier alpha value is -1.36. The molecule has 0 spiro atoms. The number of esters is 2. The van der Waals surface area contributed by atoms with Crippen molar-refractivity contribution in [3.05, 3.63) is 12.2 Å². The molecule has 0 aliphatic heterocycles. The number of carbonyl (C=O) groups is 2. The lowest BCUT2D eigenvalue weighted by Crippen LogP contribution is -2.28. The number of aliphatic hydroxyl groups is 1. The summed E-state index contributed by atoms with van der Waals surface area (Å²) in [7, 11) is 0. The van der Waals surface area contributed by atoms with Gasteiger partial charge in [0.15, 0.2) is 6.10 Å². The number of aliphatic hydroxyl groups excluding tert-OH is 1. The van der Waals surface area contributed by atoms with Gasteiger partial charge in [-0.25, -0.2) is 0 Å². The average molecular weight is 946 g/mol. The summed E-state index contributed by atoms with van der Waals surface area (Å²) < 4.78 is 10.7. The highest BCUT2D eigenvalue weighted by Gasteiger charge is 2.16. The van der Waals surface area contributed by atoms with Gasteiger partial charge in [-0.1, -0.05) is 315 Å². The maximum absolute atomic E-state index is 12.3. The number of rotatable bonds is 58. The third kappa shape index (κ3) is 57.1. The Bertz CT molecular complexity index is 979. The molecule has 0 aliphatic rings. The Kier molecular flexibility index (Phi) is 57.8. The molecule has 5 heteroatoms. The smallest absolute Gasteiger partial charge is 0.306 e. The number of hydrogen-bond acceptors (Lipinski definition) is 5. The van der Waals surface area contributed by atoms with Crippen molar-refractivity contribution >= 4 is 11.9 Å². The highest BCUT2D eigenvalue weighted by atomic mass is 16.6. The number of ether oxygens (including phenoxy) is 2. The standard InChI is InChI=1S/C62H120O5/c1-3-5-7-9-11-13-15-17-19-21-23-25-27-29-30-31-33-34-36-38-40-42-44-46-48-50-52-54-56-61(64)66-59-60(58-63)67-62(65)57-55-53-51-49-47-45-43-41-39-37-35-32-28-26-24-22-20-18-16-14-12-10-8-6-4-2/h22,24,60,63H,3-21,23,25-59H2,1-2H3/b24-22-. The minimum absolute atomic E-state index is 0.0579. The highest BCUT2D eigenvalue weighted by molar-refractivity contribution is 5.70. The lowest BCUT2D eigenvalue weighted by atomic mass is 10.0. The van der Waals surface area contributed by atoms with Gasteiger partial charge in [0.1, 0.15) is 6.61 Å². The first-order chi connectivity index (χ1) is 33.1. The van der Waals surface area contributed by atoms with Crippen LogP contribution in [0.4, 0.5) is 0 Å². The quantitative estimate of drug-likeness (QED) is 0.0374. The van der Waals surface area contributed by atoms with E-state index < -0.39 is 6.10 Å². The Morgan fingerprint density at radius 1 is 0.328 bits per heavy atom. The van der Waals surface area contributed by atoms with Crippen LogP contribution in [0.1, 0.15) is 354 Å². The molecule has 1 unspecified atom stereocenters. The van der Waals surface area contributed by atoms with E-state index in [2.05, 4.69) is 26.0 Å². The maximum Gasteiger partial charge on any atom is 0.306 e. The number of allylic oxidation sites excluding steroid dienone is 2. The van der Waals surface area contributed by atoms with Crippen LogP contribution in [0.25, 0.3) is 0 Å². The van der Waals surface area contributed by atoms with Crippen LogP contribution in [-0.4, -0.2) is 36.4 Å². The van der Waals surface area contributed by atoms with Crippen molar-refractivity contribution in [1.82, 2.24) is 0 Å². The predicted octanol–water partition coefficient (Wildman–Crippen LogP) is 20.7. The molecule has 67 heavy (non-hydrogen) atoms. The molecule has 0 fully saturated rings. The zero-order chi connectivity index (χ0) is 48.5. The van der Waals surface area contributed by atoms with Crippen LogP contribution >= 0.6 is 0 Å². The molecule has 0 aromatic rings. The second kappa shape index (κ2) is 59.0. The van der Waals surface area contributed by atoms with E-state index in [-0.39, 0.29) is 25.2 Å². The van der Waals surface area contributed by atoms with E-state index in [0.29, 0.717) is 12.8 Å². The lowest BCUT2D eigenvalue weighted by molar-refractivity contribution is -0.161. The van der Waals surface area contributed by atoms with Crippen LogP contribution in [0.3, 0.4) is 0 Å². The van der Waals surface area contributed by atoms with Crippen molar-refractivity contribution < 1.29 is 24.2 Å². The molecule has 0 saturated heterocycles. The van der Waals surface area contributed by atoms with Crippen molar-refractivity contribution in [2.24, 2.45) is 0 Å². The van der Waals surface area contributed by atoms with Gasteiger partial charge >= 0.3 is 11.9 Å². The Morgan fingerprint density at radius 2 is 0.552 bits per heavy atom. The molecule has 0 amide bonds. The summed E-state index contributed by atoms with van der Waals surface area (Å²) in [6, 6.07) is 0. The SMILES string of the molecule is CCCCCCCCCC/C=C\CCCCCCCCCCCCCCCC(=O)OC(CO)COC(=O)CCCCCCCCCCCCCCCCCCCCCCCCCCCCCC. The first-order valence-electron chi connectivity index (χ1n) is 30.7. The van der Waals surface area contributed by atoms with E-state index in [1.54, 1.807) is 0 Å². The molecule has 1 atom stereocenters. The van der Waals surface area contributed by atoms with Gasteiger partial charge in [0.25, 0.3) is 0 Å². The molecule has 1 N–H and O–H groups in total. The molecule has 0 saturated carbocycles. The fourth-order valence-corrected chi connectivity index (χ4v) is 9.67. The van der Waals surface area contributed by atoms with Crippen LogP contribution in [0.5, 0.6) is 0 Å². The lowest BCUT2D eigenvalue weighted by Gasteiger charge is -2.15. The third-order valence-corrected chi connectivity index (χ3v) is 14.3. The Labute approximate surface area is 420 Å². The molecule has 0 aromatic heterocycles. The molecule has 0 radical (unpaired) electrons. The van der Waals surface area contributed by atoms with Crippen LogP contribution in [0, 0.1) is 0 Å². The predicted molar refractivity (Wildman–Crippen MR) is 293 cm³/mol. The van der Waals surface area contributed by atoms with Crippen molar-refractivity contribution in [3.63, 3.8) is 0 Å². The van der Waals surface area contributed by atoms with Gasteiger partial charge in [0.2, 0.25) is 0 Å². The van der Waals surface area contributed by atoms with E-state index in [1.165, 1.54) is 295 Å². The van der Waals surface area contributed by atoms with Crippen LogP contribution in [0.15, 0.2) is 12.2 Å². The van der Waals surface area contributed by atoms with Gasteiger partial charge in [-0.05, 0) is 38.5 Å². The van der Waals surface area contributed by atoms with E-state index in [0.717, 1.165) is 32.1 Å². The summed E-state index contributed by atoms with van der Waals surface area (Å²) in [6.07, 6.45) is 73.6. The van der Waals surface area contributed by atoms with E-state index >= 15 is 0 Å². The summed E-state index contributed by atoms with van der Waals surface area (Å²) >= 11 is 0. The zero-order valence-electron chi connectivity index (χ0n) is 45.7. The highest BCUT2D eigenvalue weighted by Crippen LogP contribution is 2.18. The molecule has 0 aromatic carbocycles. The molecule has 5 nitrogen and oxygen atoms in total. The normalized spacial score (nSPS) is 12.1. The van der Waals surface area contributed by atoms with Crippen molar-refractivity contribution in [3.8, 4) is 0 Å². The second-order valence-corrected chi connectivity index (χ2v) is 21.1. The van der Waals surface area contributed by atoms with E-state index in [1.807, 2.05) is 0 Å². The van der Waals surface area contributed by atoms with Gasteiger partial charge in [-0.3, -0.25) is 9.59 Å².